The summed E-state index contributed by atoms with van der Waals surface area (Å²) in [7, 11) is -4.78. The second-order valence-electron chi connectivity index (χ2n) is 11.1. The Labute approximate surface area is 290 Å². The fourth-order valence-corrected chi connectivity index (χ4v) is 4.47. The van der Waals surface area contributed by atoms with Crippen LogP contribution in [0, 0.1) is 0 Å². The second kappa shape index (κ2) is 33.9. The van der Waals surface area contributed by atoms with E-state index >= 15 is 0 Å². The van der Waals surface area contributed by atoms with E-state index in [0.717, 1.165) is 77.0 Å². The number of ether oxygens (including phenoxy) is 2. The van der Waals surface area contributed by atoms with Gasteiger partial charge in [0.15, 0.2) is 6.10 Å². The van der Waals surface area contributed by atoms with Crippen LogP contribution in [0.4, 0.5) is 0 Å². The number of hydrogen-bond acceptors (Lipinski definition) is 6. The summed E-state index contributed by atoms with van der Waals surface area (Å²) < 4.78 is 26.1. The molecule has 9 heteroatoms. The van der Waals surface area contributed by atoms with Crippen LogP contribution in [0.3, 0.4) is 0 Å². The molecular formula is C39H61O8P. The monoisotopic (exact) mass is 688 g/mol. The summed E-state index contributed by atoms with van der Waals surface area (Å²) in [4.78, 5) is 42.5. The van der Waals surface area contributed by atoms with Crippen molar-refractivity contribution >= 4 is 19.8 Å². The molecule has 0 aliphatic carbocycles. The summed E-state index contributed by atoms with van der Waals surface area (Å²) >= 11 is 0. The van der Waals surface area contributed by atoms with Crippen LogP contribution in [-0.2, 0) is 28.2 Å². The molecule has 0 rings (SSSR count). The molecule has 270 valence electrons. The zero-order valence-electron chi connectivity index (χ0n) is 29.3. The van der Waals surface area contributed by atoms with E-state index in [9.17, 15) is 14.2 Å². The van der Waals surface area contributed by atoms with Gasteiger partial charge in [0, 0.05) is 6.42 Å². The molecule has 0 amide bonds. The average Bonchev–Trinajstić information content (AvgIpc) is 3.05. The van der Waals surface area contributed by atoms with Gasteiger partial charge < -0.3 is 19.3 Å². The first-order valence-corrected chi connectivity index (χ1v) is 19.1. The number of hydrogen-bond donors (Lipinski definition) is 2. The van der Waals surface area contributed by atoms with Crippen LogP contribution < -0.4 is 0 Å². The average molecular weight is 689 g/mol. The fourth-order valence-electron chi connectivity index (χ4n) is 4.11. The van der Waals surface area contributed by atoms with Crippen LogP contribution >= 0.6 is 7.82 Å². The molecule has 1 atom stereocenters. The number of phosphoric ester groups is 1. The molecule has 8 nitrogen and oxygen atoms in total. The van der Waals surface area contributed by atoms with Crippen molar-refractivity contribution in [1.29, 1.82) is 0 Å². The van der Waals surface area contributed by atoms with Gasteiger partial charge in [-0.3, -0.25) is 14.1 Å². The highest BCUT2D eigenvalue weighted by atomic mass is 31.2. The number of carbonyl (C=O) groups excluding carboxylic acids is 2. The standard InChI is InChI=1S/C39H61O8P/c1-3-5-7-9-11-13-15-17-19-21-23-25-27-29-31-33-38(40)45-35-37(36-46-48(42,43)44)47-39(41)34-32-30-28-26-24-22-20-18-16-14-12-10-8-6-4-2/h5-8,11-14,17-20,24,26,30,32,37H,3-4,9-10,15-16,21-23,25,27-29,31,33-36H2,1-2H3,(H2,42,43,44)/b7-5-,8-6-,13-11-,14-12-,19-17-,20-18-,26-24-,32-30-. The maximum atomic E-state index is 12.3. The fraction of sp³-hybridized carbons (Fsp3) is 0.538. The van der Waals surface area contributed by atoms with Gasteiger partial charge in [0.25, 0.3) is 0 Å². The van der Waals surface area contributed by atoms with Crippen molar-refractivity contribution in [2.75, 3.05) is 13.2 Å². The third-order valence-corrected chi connectivity index (χ3v) is 7.12. The molecule has 0 saturated carbocycles. The van der Waals surface area contributed by atoms with Crippen LogP contribution in [-0.4, -0.2) is 41.0 Å². The quantitative estimate of drug-likeness (QED) is 0.0331. The molecule has 0 spiro atoms. The van der Waals surface area contributed by atoms with Crippen LogP contribution in [0.25, 0.3) is 0 Å². The number of rotatable bonds is 30. The highest BCUT2D eigenvalue weighted by Gasteiger charge is 2.22. The summed E-state index contributed by atoms with van der Waals surface area (Å²) in [5.74, 6) is -1.07. The zero-order valence-corrected chi connectivity index (χ0v) is 30.2. The SMILES string of the molecule is CC/C=C\C/C=C\C/C=C\C/C=C\C/C=C\CC(=O)OC(COC(=O)CCCCCCC/C=C\C/C=C\C/C=C\CC)COP(=O)(O)O. The van der Waals surface area contributed by atoms with E-state index in [1.54, 1.807) is 6.08 Å². The lowest BCUT2D eigenvalue weighted by atomic mass is 10.1. The lowest BCUT2D eigenvalue weighted by Gasteiger charge is -2.18. The molecule has 0 fully saturated rings. The van der Waals surface area contributed by atoms with Crippen LogP contribution in [0.15, 0.2) is 97.2 Å². The largest absolute Gasteiger partial charge is 0.469 e. The van der Waals surface area contributed by atoms with E-state index < -0.39 is 32.5 Å². The minimum Gasteiger partial charge on any atom is -0.462 e. The minimum absolute atomic E-state index is 0.0301. The first-order valence-electron chi connectivity index (χ1n) is 17.5. The Hall–Kier alpha value is -3.03. The molecule has 48 heavy (non-hydrogen) atoms. The smallest absolute Gasteiger partial charge is 0.462 e. The summed E-state index contributed by atoms with van der Waals surface area (Å²) in [5, 5.41) is 0. The highest BCUT2D eigenvalue weighted by Crippen LogP contribution is 2.35. The third-order valence-electron chi connectivity index (χ3n) is 6.63. The summed E-state index contributed by atoms with van der Waals surface area (Å²) in [6.07, 6.45) is 45.8. The van der Waals surface area contributed by atoms with E-state index in [0.29, 0.717) is 12.8 Å². The van der Waals surface area contributed by atoms with E-state index in [-0.39, 0.29) is 19.4 Å². The van der Waals surface area contributed by atoms with Gasteiger partial charge in [-0.15, -0.1) is 0 Å². The predicted molar refractivity (Wildman–Crippen MR) is 197 cm³/mol. The molecule has 0 aliphatic heterocycles. The predicted octanol–water partition coefficient (Wildman–Crippen LogP) is 10.3. The van der Waals surface area contributed by atoms with Crippen molar-refractivity contribution in [2.24, 2.45) is 0 Å². The van der Waals surface area contributed by atoms with Crippen LogP contribution in [0.5, 0.6) is 0 Å². The molecule has 0 bridgehead atoms. The van der Waals surface area contributed by atoms with Crippen molar-refractivity contribution in [3.63, 3.8) is 0 Å². The van der Waals surface area contributed by atoms with E-state index in [2.05, 4.69) is 91.3 Å². The maximum Gasteiger partial charge on any atom is 0.469 e. The molecule has 0 heterocycles. The van der Waals surface area contributed by atoms with E-state index in [4.69, 9.17) is 19.3 Å². The molecule has 0 aliphatic rings. The Bertz CT molecular complexity index is 1090. The summed E-state index contributed by atoms with van der Waals surface area (Å²) in [6, 6.07) is 0. The van der Waals surface area contributed by atoms with Gasteiger partial charge in [-0.25, -0.2) is 4.57 Å². The van der Waals surface area contributed by atoms with Crippen molar-refractivity contribution in [3.05, 3.63) is 97.2 Å². The zero-order chi connectivity index (χ0) is 35.4. The van der Waals surface area contributed by atoms with Crippen LogP contribution in [0.1, 0.15) is 117 Å². The Kier molecular flexibility index (Phi) is 31.7. The van der Waals surface area contributed by atoms with Crippen LogP contribution in [0.2, 0.25) is 0 Å². The van der Waals surface area contributed by atoms with E-state index in [1.807, 2.05) is 18.2 Å². The Balaban J connectivity index is 4.20. The molecule has 0 aromatic carbocycles. The number of esters is 2. The summed E-state index contributed by atoms with van der Waals surface area (Å²) in [6.45, 7) is 3.32. The first-order chi connectivity index (χ1) is 23.3. The molecule has 0 saturated heterocycles. The molecule has 0 aromatic heterocycles. The maximum absolute atomic E-state index is 12.3. The summed E-state index contributed by atoms with van der Waals surface area (Å²) in [5.41, 5.74) is 0. The van der Waals surface area contributed by atoms with Gasteiger partial charge in [0.05, 0.1) is 13.0 Å². The van der Waals surface area contributed by atoms with E-state index in [1.165, 1.54) is 0 Å². The van der Waals surface area contributed by atoms with Gasteiger partial charge in [-0.05, 0) is 70.6 Å². The molecular weight excluding hydrogens is 627 g/mol. The molecule has 0 radical (unpaired) electrons. The number of unbranched alkanes of at least 4 members (excludes halogenated alkanes) is 5. The van der Waals surface area contributed by atoms with Crippen molar-refractivity contribution < 1.29 is 37.9 Å². The normalized spacial score (nSPS) is 13.7. The topological polar surface area (TPSA) is 119 Å². The van der Waals surface area contributed by atoms with Gasteiger partial charge >= 0.3 is 19.8 Å². The third kappa shape index (κ3) is 35.8. The highest BCUT2D eigenvalue weighted by molar-refractivity contribution is 7.46. The second-order valence-corrected chi connectivity index (χ2v) is 12.3. The molecule has 1 unspecified atom stereocenters. The van der Waals surface area contributed by atoms with Gasteiger partial charge in [0.2, 0.25) is 0 Å². The number of phosphoric acid groups is 1. The first kappa shape index (κ1) is 45.0. The molecule has 0 aromatic rings. The number of allylic oxidation sites excluding steroid dienone is 15. The van der Waals surface area contributed by atoms with Gasteiger partial charge in [-0.1, -0.05) is 130 Å². The Morgan fingerprint density at radius 2 is 1.00 bits per heavy atom. The van der Waals surface area contributed by atoms with Crippen molar-refractivity contribution in [3.8, 4) is 0 Å². The number of carbonyl (C=O) groups is 2. The lowest BCUT2D eigenvalue weighted by Crippen LogP contribution is -2.29. The Morgan fingerprint density at radius 1 is 0.562 bits per heavy atom. The Morgan fingerprint density at radius 3 is 1.50 bits per heavy atom. The van der Waals surface area contributed by atoms with Gasteiger partial charge in [0.1, 0.15) is 6.61 Å². The van der Waals surface area contributed by atoms with Crippen molar-refractivity contribution in [1.82, 2.24) is 0 Å². The molecule has 2 N–H and O–H groups in total. The van der Waals surface area contributed by atoms with Gasteiger partial charge in [-0.2, -0.15) is 0 Å². The minimum atomic E-state index is -4.78. The van der Waals surface area contributed by atoms with Crippen molar-refractivity contribution in [2.45, 2.75) is 123 Å². The lowest BCUT2D eigenvalue weighted by molar-refractivity contribution is -0.160.